The highest BCUT2D eigenvalue weighted by Crippen LogP contribution is 2.38. The molecule has 1 aliphatic rings. The number of hydrogen-bond donors (Lipinski definition) is 1. The van der Waals surface area contributed by atoms with E-state index in [2.05, 4.69) is 65.3 Å². The average molecular weight is 387 g/mol. The summed E-state index contributed by atoms with van der Waals surface area (Å²) in [6.45, 7) is 2.84. The van der Waals surface area contributed by atoms with E-state index in [9.17, 15) is 4.79 Å². The molecule has 2 aromatic carbocycles. The number of hydrogen-bond acceptors (Lipinski definition) is 2. The molecule has 1 aliphatic heterocycles. The minimum atomic E-state index is -0.0655. The molecule has 28 heavy (non-hydrogen) atoms. The van der Waals surface area contributed by atoms with E-state index < -0.39 is 0 Å². The predicted molar refractivity (Wildman–Crippen MR) is 115 cm³/mol. The fourth-order valence-electron chi connectivity index (χ4n) is 4.27. The van der Waals surface area contributed by atoms with Crippen molar-refractivity contribution in [3.05, 3.63) is 93.3 Å². The standard InChI is InChI=1S/C24H22N2OS/c1-16-8-10-17(11-9-16)24-23-20(19-6-2-3-7-21(19)25-23)12-13-26(24)22(27)15-18-5-4-14-28-18/h2-11,14,24-25H,12-13,15H2,1H3/t24-/m1/s1. The van der Waals surface area contributed by atoms with Crippen molar-refractivity contribution in [3.8, 4) is 0 Å². The summed E-state index contributed by atoms with van der Waals surface area (Å²) in [4.78, 5) is 20.1. The molecule has 0 unspecified atom stereocenters. The lowest BCUT2D eigenvalue weighted by Gasteiger charge is -2.36. The highest BCUT2D eigenvalue weighted by molar-refractivity contribution is 7.10. The van der Waals surface area contributed by atoms with E-state index in [0.717, 1.165) is 34.6 Å². The Morgan fingerprint density at radius 2 is 1.93 bits per heavy atom. The molecular formula is C24H22N2OS. The SMILES string of the molecule is Cc1ccc([C@@H]2c3[nH]c4ccccc4c3CCN2C(=O)Cc2cccs2)cc1. The van der Waals surface area contributed by atoms with Crippen molar-refractivity contribution in [2.45, 2.75) is 25.8 Å². The molecule has 0 bridgehead atoms. The lowest BCUT2D eigenvalue weighted by molar-refractivity contribution is -0.132. The number of aromatic amines is 1. The number of carbonyl (C=O) groups excluding carboxylic acids is 1. The van der Waals surface area contributed by atoms with E-state index in [1.807, 2.05) is 17.5 Å². The number of benzene rings is 2. The van der Waals surface area contributed by atoms with Crippen LogP contribution in [-0.2, 0) is 17.6 Å². The lowest BCUT2D eigenvalue weighted by atomic mass is 9.91. The molecule has 1 N–H and O–H groups in total. The summed E-state index contributed by atoms with van der Waals surface area (Å²) in [7, 11) is 0. The van der Waals surface area contributed by atoms with Gasteiger partial charge < -0.3 is 9.88 Å². The Balaban J connectivity index is 1.60. The van der Waals surface area contributed by atoms with Crippen LogP contribution >= 0.6 is 11.3 Å². The number of H-pyrrole nitrogens is 1. The van der Waals surface area contributed by atoms with Crippen LogP contribution in [-0.4, -0.2) is 22.3 Å². The maximum absolute atomic E-state index is 13.3. The monoisotopic (exact) mass is 386 g/mol. The van der Waals surface area contributed by atoms with Gasteiger partial charge in [0.1, 0.15) is 0 Å². The molecule has 0 saturated heterocycles. The van der Waals surface area contributed by atoms with Gasteiger partial charge in [-0.3, -0.25) is 4.79 Å². The number of para-hydroxylation sites is 1. The number of thiophene rings is 1. The average Bonchev–Trinajstić information content (AvgIpc) is 3.35. The zero-order valence-electron chi connectivity index (χ0n) is 15.8. The van der Waals surface area contributed by atoms with Crippen molar-refractivity contribution < 1.29 is 4.79 Å². The van der Waals surface area contributed by atoms with Crippen molar-refractivity contribution in [3.63, 3.8) is 0 Å². The van der Waals surface area contributed by atoms with Crippen LogP contribution in [0.2, 0.25) is 0 Å². The lowest BCUT2D eigenvalue weighted by Crippen LogP contribution is -2.41. The molecule has 140 valence electrons. The third kappa shape index (κ3) is 2.94. The molecule has 0 radical (unpaired) electrons. The van der Waals surface area contributed by atoms with Gasteiger partial charge in [-0.25, -0.2) is 0 Å². The highest BCUT2D eigenvalue weighted by atomic mass is 32.1. The highest BCUT2D eigenvalue weighted by Gasteiger charge is 2.34. The van der Waals surface area contributed by atoms with Crippen LogP contribution in [0.25, 0.3) is 10.9 Å². The fourth-order valence-corrected chi connectivity index (χ4v) is 4.96. The summed E-state index contributed by atoms with van der Waals surface area (Å²) in [5.41, 5.74) is 6.06. The molecule has 1 atom stereocenters. The number of nitrogens with one attached hydrogen (secondary N) is 1. The van der Waals surface area contributed by atoms with Crippen molar-refractivity contribution in [2.24, 2.45) is 0 Å². The van der Waals surface area contributed by atoms with Crippen molar-refractivity contribution in [2.75, 3.05) is 6.54 Å². The first-order chi connectivity index (χ1) is 13.7. The van der Waals surface area contributed by atoms with Crippen LogP contribution < -0.4 is 0 Å². The quantitative estimate of drug-likeness (QED) is 0.513. The Kier molecular flexibility index (Phi) is 4.29. The van der Waals surface area contributed by atoms with Gasteiger partial charge in [-0.05, 0) is 42.0 Å². The molecule has 3 heterocycles. The normalized spacial score (nSPS) is 16.3. The third-order valence-corrected chi connectivity index (χ3v) is 6.53. The molecule has 0 saturated carbocycles. The summed E-state index contributed by atoms with van der Waals surface area (Å²) < 4.78 is 0. The minimum absolute atomic E-state index is 0.0655. The van der Waals surface area contributed by atoms with Crippen molar-refractivity contribution in [1.29, 1.82) is 0 Å². The van der Waals surface area contributed by atoms with Gasteiger partial charge in [0.2, 0.25) is 5.91 Å². The van der Waals surface area contributed by atoms with Crippen molar-refractivity contribution in [1.82, 2.24) is 9.88 Å². The predicted octanol–water partition coefficient (Wildman–Crippen LogP) is 5.25. The summed E-state index contributed by atoms with van der Waals surface area (Å²) in [6, 6.07) is 21.0. The molecule has 4 aromatic rings. The molecule has 4 heteroatoms. The van der Waals surface area contributed by atoms with E-state index in [1.165, 1.54) is 16.5 Å². The van der Waals surface area contributed by atoms with Gasteiger partial charge in [-0.15, -0.1) is 11.3 Å². The number of aromatic nitrogens is 1. The number of aryl methyl sites for hydroxylation is 1. The van der Waals surface area contributed by atoms with Gasteiger partial charge in [0.05, 0.1) is 12.5 Å². The molecular weight excluding hydrogens is 364 g/mol. The second kappa shape index (κ2) is 6.95. The maximum atomic E-state index is 13.3. The number of carbonyl (C=O) groups is 1. The van der Waals surface area contributed by atoms with Crippen LogP contribution in [0.15, 0.2) is 66.0 Å². The molecule has 1 amide bonds. The van der Waals surface area contributed by atoms with E-state index in [1.54, 1.807) is 11.3 Å². The second-order valence-electron chi connectivity index (χ2n) is 7.47. The molecule has 0 fully saturated rings. The Labute approximate surface area is 168 Å². The Hall–Kier alpha value is -2.85. The van der Waals surface area contributed by atoms with Gasteiger partial charge in [0.15, 0.2) is 0 Å². The first kappa shape index (κ1) is 17.3. The number of rotatable bonds is 3. The second-order valence-corrected chi connectivity index (χ2v) is 8.50. The number of nitrogens with zero attached hydrogens (tertiary/aromatic N) is 1. The van der Waals surface area contributed by atoms with E-state index in [0.29, 0.717) is 6.42 Å². The largest absolute Gasteiger partial charge is 0.356 e. The summed E-state index contributed by atoms with van der Waals surface area (Å²) >= 11 is 1.65. The van der Waals surface area contributed by atoms with Gasteiger partial charge in [-0.1, -0.05) is 54.1 Å². The Morgan fingerprint density at radius 1 is 1.11 bits per heavy atom. The van der Waals surface area contributed by atoms with Gasteiger partial charge in [0, 0.05) is 28.0 Å². The molecule has 0 spiro atoms. The van der Waals surface area contributed by atoms with Crippen molar-refractivity contribution >= 4 is 28.1 Å². The van der Waals surface area contributed by atoms with Crippen LogP contribution in [0, 0.1) is 6.92 Å². The Bertz CT molecular complexity index is 1130. The zero-order chi connectivity index (χ0) is 19.1. The van der Waals surface area contributed by atoms with Gasteiger partial charge in [-0.2, -0.15) is 0 Å². The molecule has 5 rings (SSSR count). The van der Waals surface area contributed by atoms with Crippen LogP contribution in [0.3, 0.4) is 0 Å². The summed E-state index contributed by atoms with van der Waals surface area (Å²) in [5.74, 6) is 0.192. The zero-order valence-corrected chi connectivity index (χ0v) is 16.6. The summed E-state index contributed by atoms with van der Waals surface area (Å²) in [5, 5.41) is 3.31. The number of amides is 1. The first-order valence-corrected chi connectivity index (χ1v) is 10.6. The smallest absolute Gasteiger partial charge is 0.228 e. The maximum Gasteiger partial charge on any atom is 0.228 e. The molecule has 2 aromatic heterocycles. The molecule has 0 aliphatic carbocycles. The van der Waals surface area contributed by atoms with Crippen LogP contribution in [0.4, 0.5) is 0 Å². The van der Waals surface area contributed by atoms with Crippen LogP contribution in [0.1, 0.15) is 33.3 Å². The van der Waals surface area contributed by atoms with E-state index in [-0.39, 0.29) is 11.9 Å². The minimum Gasteiger partial charge on any atom is -0.356 e. The van der Waals surface area contributed by atoms with Gasteiger partial charge >= 0.3 is 0 Å². The Morgan fingerprint density at radius 3 is 2.71 bits per heavy atom. The topological polar surface area (TPSA) is 36.1 Å². The van der Waals surface area contributed by atoms with E-state index >= 15 is 0 Å². The fraction of sp³-hybridized carbons (Fsp3) is 0.208. The van der Waals surface area contributed by atoms with Gasteiger partial charge in [0.25, 0.3) is 0 Å². The van der Waals surface area contributed by atoms with Crippen LogP contribution in [0.5, 0.6) is 0 Å². The molecule has 3 nitrogen and oxygen atoms in total. The summed E-state index contributed by atoms with van der Waals surface area (Å²) in [6.07, 6.45) is 1.35. The van der Waals surface area contributed by atoms with E-state index in [4.69, 9.17) is 0 Å². The number of fused-ring (bicyclic) bond motifs is 3. The first-order valence-electron chi connectivity index (χ1n) is 9.68. The third-order valence-electron chi connectivity index (χ3n) is 5.65.